The number of aliphatic hydroxyl groups excluding tert-OH is 1. The van der Waals surface area contributed by atoms with E-state index < -0.39 is 0 Å². The van der Waals surface area contributed by atoms with E-state index in [9.17, 15) is 5.11 Å². The molecule has 0 aromatic heterocycles. The monoisotopic (exact) mass is 182 g/mol. The van der Waals surface area contributed by atoms with E-state index in [4.69, 9.17) is 0 Å². The molecule has 0 rings (SSSR count). The number of allylic oxidation sites excluding steroid dienone is 2. The van der Waals surface area contributed by atoms with Gasteiger partial charge in [0.15, 0.2) is 0 Å². The fourth-order valence-corrected chi connectivity index (χ4v) is 1.27. The summed E-state index contributed by atoms with van der Waals surface area (Å²) in [5.74, 6) is 0.357. The molecule has 0 saturated carbocycles. The third-order valence-electron chi connectivity index (χ3n) is 2.22. The van der Waals surface area contributed by atoms with Crippen LogP contribution >= 0.6 is 0 Å². The fourth-order valence-electron chi connectivity index (χ4n) is 1.27. The highest BCUT2D eigenvalue weighted by Gasteiger charge is 1.98. The van der Waals surface area contributed by atoms with Gasteiger partial charge in [0, 0.05) is 0 Å². The second kappa shape index (κ2) is 7.90. The van der Waals surface area contributed by atoms with Crippen molar-refractivity contribution in [3.63, 3.8) is 0 Å². The van der Waals surface area contributed by atoms with Crippen molar-refractivity contribution >= 4 is 0 Å². The zero-order chi connectivity index (χ0) is 10.1. The molecule has 0 unspecified atom stereocenters. The van der Waals surface area contributed by atoms with Gasteiger partial charge in [-0.2, -0.15) is 0 Å². The van der Waals surface area contributed by atoms with Crippen LogP contribution in [0.1, 0.15) is 52.4 Å². The maximum atomic E-state index is 9.29. The quantitative estimate of drug-likeness (QED) is 0.352. The molecule has 0 aliphatic carbocycles. The molecule has 0 atom stereocenters. The average Bonchev–Trinajstić information content (AvgIpc) is 2.16. The molecule has 1 N–H and O–H groups in total. The molecule has 76 valence electrons. The standard InChI is InChI=1S/C12H22O/c1-4-6-7-8-9-10-11(3)12(13)5-2/h5,13H,3-4,6-10H2,1-2H3. The van der Waals surface area contributed by atoms with Gasteiger partial charge in [-0.3, -0.25) is 0 Å². The first kappa shape index (κ1) is 12.3. The third-order valence-corrected chi connectivity index (χ3v) is 2.22. The Hall–Kier alpha value is -0.720. The van der Waals surface area contributed by atoms with E-state index in [1.807, 2.05) is 6.92 Å². The second-order valence-electron chi connectivity index (χ2n) is 3.44. The lowest BCUT2D eigenvalue weighted by atomic mass is 10.1. The van der Waals surface area contributed by atoms with Crippen LogP contribution in [0.4, 0.5) is 0 Å². The Kier molecular flexibility index (Phi) is 7.47. The van der Waals surface area contributed by atoms with E-state index in [0.717, 1.165) is 18.4 Å². The summed E-state index contributed by atoms with van der Waals surface area (Å²) in [6, 6.07) is 0. The minimum Gasteiger partial charge on any atom is -0.508 e. The molecule has 1 nitrogen and oxygen atoms in total. The molecule has 0 bridgehead atoms. The van der Waals surface area contributed by atoms with Gasteiger partial charge in [0.2, 0.25) is 0 Å². The van der Waals surface area contributed by atoms with Crippen molar-refractivity contribution in [1.29, 1.82) is 0 Å². The molecule has 0 aliphatic rings. The van der Waals surface area contributed by atoms with Gasteiger partial charge in [-0.1, -0.05) is 39.2 Å². The van der Waals surface area contributed by atoms with E-state index in [1.54, 1.807) is 6.08 Å². The molecule has 0 aromatic rings. The number of hydrogen-bond acceptors (Lipinski definition) is 1. The summed E-state index contributed by atoms with van der Waals surface area (Å²) in [7, 11) is 0. The predicted octanol–water partition coefficient (Wildman–Crippen LogP) is 4.36. The average molecular weight is 182 g/mol. The highest BCUT2D eigenvalue weighted by Crippen LogP contribution is 2.14. The summed E-state index contributed by atoms with van der Waals surface area (Å²) >= 11 is 0. The lowest BCUT2D eigenvalue weighted by Crippen LogP contribution is -1.87. The van der Waals surface area contributed by atoms with E-state index in [2.05, 4.69) is 13.5 Å². The summed E-state index contributed by atoms with van der Waals surface area (Å²) in [6.45, 7) is 7.87. The third kappa shape index (κ3) is 6.44. The largest absolute Gasteiger partial charge is 0.508 e. The highest BCUT2D eigenvalue weighted by atomic mass is 16.3. The highest BCUT2D eigenvalue weighted by molar-refractivity contribution is 5.20. The molecular weight excluding hydrogens is 160 g/mol. The lowest BCUT2D eigenvalue weighted by molar-refractivity contribution is 0.416. The van der Waals surface area contributed by atoms with Crippen LogP contribution in [0.5, 0.6) is 0 Å². The topological polar surface area (TPSA) is 20.2 Å². The van der Waals surface area contributed by atoms with Crippen molar-refractivity contribution in [3.05, 3.63) is 24.0 Å². The molecule has 0 amide bonds. The molecule has 0 aliphatic heterocycles. The summed E-state index contributed by atoms with van der Waals surface area (Å²) < 4.78 is 0. The Morgan fingerprint density at radius 2 is 1.85 bits per heavy atom. The first-order chi connectivity index (χ1) is 6.22. The zero-order valence-electron chi connectivity index (χ0n) is 8.97. The number of unbranched alkanes of at least 4 members (excludes halogenated alkanes) is 4. The zero-order valence-corrected chi connectivity index (χ0v) is 8.97. The SMILES string of the molecule is C=C(CCCCCCC)C(O)=CC. The van der Waals surface area contributed by atoms with Gasteiger partial charge in [0.25, 0.3) is 0 Å². The molecule has 0 fully saturated rings. The predicted molar refractivity (Wildman–Crippen MR) is 58.9 cm³/mol. The van der Waals surface area contributed by atoms with Crippen molar-refractivity contribution in [1.82, 2.24) is 0 Å². The maximum Gasteiger partial charge on any atom is 0.113 e. The molecule has 1 heteroatoms. The van der Waals surface area contributed by atoms with Crippen molar-refractivity contribution in [2.45, 2.75) is 52.4 Å². The van der Waals surface area contributed by atoms with Crippen molar-refractivity contribution in [2.24, 2.45) is 0 Å². The Bertz CT molecular complexity index is 168. The van der Waals surface area contributed by atoms with Gasteiger partial charge in [-0.05, 0) is 31.4 Å². The van der Waals surface area contributed by atoms with Gasteiger partial charge >= 0.3 is 0 Å². The number of rotatable bonds is 7. The van der Waals surface area contributed by atoms with E-state index in [0.29, 0.717) is 5.76 Å². The number of hydrogen-bond donors (Lipinski definition) is 1. The van der Waals surface area contributed by atoms with Crippen LogP contribution < -0.4 is 0 Å². The van der Waals surface area contributed by atoms with Crippen LogP contribution in [-0.4, -0.2) is 5.11 Å². The van der Waals surface area contributed by atoms with Crippen molar-refractivity contribution < 1.29 is 5.11 Å². The Labute approximate surface area is 82.2 Å². The van der Waals surface area contributed by atoms with Gasteiger partial charge < -0.3 is 5.11 Å². The first-order valence-corrected chi connectivity index (χ1v) is 5.25. The van der Waals surface area contributed by atoms with Gasteiger partial charge in [-0.25, -0.2) is 0 Å². The molecule has 0 radical (unpaired) electrons. The molecule has 0 heterocycles. The minimum absolute atomic E-state index is 0.357. The molecular formula is C12H22O. The molecule has 0 aromatic carbocycles. The molecule has 13 heavy (non-hydrogen) atoms. The summed E-state index contributed by atoms with van der Waals surface area (Å²) in [6.07, 6.45) is 8.94. The summed E-state index contributed by atoms with van der Waals surface area (Å²) in [5.41, 5.74) is 0.874. The second-order valence-corrected chi connectivity index (χ2v) is 3.44. The summed E-state index contributed by atoms with van der Waals surface area (Å²) in [5, 5.41) is 9.29. The van der Waals surface area contributed by atoms with E-state index >= 15 is 0 Å². The van der Waals surface area contributed by atoms with Gasteiger partial charge in [0.1, 0.15) is 5.76 Å². The van der Waals surface area contributed by atoms with Crippen LogP contribution in [0.2, 0.25) is 0 Å². The number of aliphatic hydroxyl groups is 1. The molecule has 0 spiro atoms. The molecule has 0 saturated heterocycles. The van der Waals surface area contributed by atoms with Crippen molar-refractivity contribution in [3.8, 4) is 0 Å². The fraction of sp³-hybridized carbons (Fsp3) is 0.667. The first-order valence-electron chi connectivity index (χ1n) is 5.25. The van der Waals surface area contributed by atoms with Crippen molar-refractivity contribution in [2.75, 3.05) is 0 Å². The summed E-state index contributed by atoms with van der Waals surface area (Å²) in [4.78, 5) is 0. The Morgan fingerprint density at radius 1 is 1.23 bits per heavy atom. The van der Waals surface area contributed by atoms with Crippen LogP contribution in [0.15, 0.2) is 24.0 Å². The normalized spacial score (nSPS) is 11.7. The van der Waals surface area contributed by atoms with Crippen LogP contribution in [0, 0.1) is 0 Å². The lowest BCUT2D eigenvalue weighted by Gasteiger charge is -2.03. The van der Waals surface area contributed by atoms with Crippen LogP contribution in [0.25, 0.3) is 0 Å². The Balaban J connectivity index is 3.38. The van der Waals surface area contributed by atoms with Gasteiger partial charge in [0.05, 0.1) is 0 Å². The smallest absolute Gasteiger partial charge is 0.113 e. The minimum atomic E-state index is 0.357. The van der Waals surface area contributed by atoms with E-state index in [1.165, 1.54) is 25.7 Å². The van der Waals surface area contributed by atoms with Crippen LogP contribution in [-0.2, 0) is 0 Å². The Morgan fingerprint density at radius 3 is 2.38 bits per heavy atom. The van der Waals surface area contributed by atoms with E-state index in [-0.39, 0.29) is 0 Å². The maximum absolute atomic E-state index is 9.29. The van der Waals surface area contributed by atoms with Gasteiger partial charge in [-0.15, -0.1) is 0 Å². The van der Waals surface area contributed by atoms with Crippen LogP contribution in [0.3, 0.4) is 0 Å².